The lowest BCUT2D eigenvalue weighted by atomic mass is 10.3. The maximum Gasteiger partial charge on any atom is 0.0647 e. The van der Waals surface area contributed by atoms with Gasteiger partial charge in [-0.3, -0.25) is 4.98 Å². The van der Waals surface area contributed by atoms with Crippen LogP contribution in [0.4, 0.5) is 5.69 Å². The molecule has 2 rings (SSSR count). The number of hydrogen-bond donors (Lipinski definition) is 1. The van der Waals surface area contributed by atoms with Gasteiger partial charge >= 0.3 is 0 Å². The predicted molar refractivity (Wildman–Crippen MR) is 64.6 cm³/mol. The predicted octanol–water partition coefficient (Wildman–Crippen LogP) is 3.09. The molecule has 0 unspecified atom stereocenters. The SMILES string of the molecule is ClCc1ccccn1.Nc1ccccc1. The zero-order chi connectivity index (χ0) is 10.9. The quantitative estimate of drug-likeness (QED) is 0.593. The normalized spacial score (nSPS) is 8.87. The molecule has 0 atom stereocenters. The Labute approximate surface area is 94.7 Å². The maximum atomic E-state index is 5.46. The molecule has 2 aromatic rings. The molecular formula is C12H13ClN2. The number of nitrogen functional groups attached to an aromatic ring is 1. The van der Waals surface area contributed by atoms with Crippen LogP contribution < -0.4 is 5.73 Å². The molecule has 3 heteroatoms. The van der Waals surface area contributed by atoms with Gasteiger partial charge in [-0.2, -0.15) is 0 Å². The molecular weight excluding hydrogens is 208 g/mol. The molecule has 0 aliphatic heterocycles. The average Bonchev–Trinajstić information content (AvgIpc) is 2.32. The van der Waals surface area contributed by atoms with Crippen molar-refractivity contribution in [2.75, 3.05) is 5.73 Å². The molecule has 15 heavy (non-hydrogen) atoms. The Morgan fingerprint density at radius 2 is 1.67 bits per heavy atom. The van der Waals surface area contributed by atoms with Crippen molar-refractivity contribution in [3.63, 3.8) is 0 Å². The number of nitrogens with zero attached hydrogens (tertiary/aromatic N) is 1. The molecule has 0 spiro atoms. The van der Waals surface area contributed by atoms with Crippen LogP contribution in [0.5, 0.6) is 0 Å². The topological polar surface area (TPSA) is 38.9 Å². The molecule has 0 amide bonds. The lowest BCUT2D eigenvalue weighted by Crippen LogP contribution is -1.79. The van der Waals surface area contributed by atoms with Gasteiger partial charge in [-0.05, 0) is 24.3 Å². The van der Waals surface area contributed by atoms with Gasteiger partial charge in [-0.25, -0.2) is 0 Å². The van der Waals surface area contributed by atoms with Gasteiger partial charge in [-0.15, -0.1) is 11.6 Å². The molecule has 0 saturated heterocycles. The second-order valence-corrected chi connectivity index (χ2v) is 3.13. The van der Waals surface area contributed by atoms with Crippen molar-refractivity contribution in [3.05, 3.63) is 60.4 Å². The highest BCUT2D eigenvalue weighted by Crippen LogP contribution is 1.96. The molecule has 0 aliphatic rings. The number of hydrogen-bond acceptors (Lipinski definition) is 2. The third-order valence-corrected chi connectivity index (χ3v) is 1.94. The summed E-state index contributed by atoms with van der Waals surface area (Å²) >= 11 is 5.46. The Kier molecular flexibility index (Phi) is 5.26. The van der Waals surface area contributed by atoms with Crippen LogP contribution in [0.15, 0.2) is 54.7 Å². The van der Waals surface area contributed by atoms with Gasteiger partial charge in [0, 0.05) is 11.9 Å². The Morgan fingerprint density at radius 1 is 1.00 bits per heavy atom. The van der Waals surface area contributed by atoms with Crippen LogP contribution in [0.2, 0.25) is 0 Å². The maximum absolute atomic E-state index is 5.46. The highest BCUT2D eigenvalue weighted by molar-refractivity contribution is 6.16. The van der Waals surface area contributed by atoms with E-state index in [4.69, 9.17) is 17.3 Å². The summed E-state index contributed by atoms with van der Waals surface area (Å²) in [6, 6.07) is 15.2. The second-order valence-electron chi connectivity index (χ2n) is 2.87. The second kappa shape index (κ2) is 6.85. The third kappa shape index (κ3) is 5.03. The molecule has 0 saturated carbocycles. The number of rotatable bonds is 1. The molecule has 2 nitrogen and oxygen atoms in total. The van der Waals surface area contributed by atoms with Gasteiger partial charge in [0.25, 0.3) is 0 Å². The molecule has 1 heterocycles. The number of pyridine rings is 1. The summed E-state index contributed by atoms with van der Waals surface area (Å²) in [6.07, 6.45) is 1.73. The smallest absolute Gasteiger partial charge is 0.0647 e. The van der Waals surface area contributed by atoms with E-state index in [2.05, 4.69) is 4.98 Å². The van der Waals surface area contributed by atoms with Gasteiger partial charge < -0.3 is 5.73 Å². The largest absolute Gasteiger partial charge is 0.399 e. The van der Waals surface area contributed by atoms with Crippen LogP contribution in [0.25, 0.3) is 0 Å². The molecule has 1 aromatic carbocycles. The van der Waals surface area contributed by atoms with Crippen molar-refractivity contribution in [3.8, 4) is 0 Å². The van der Waals surface area contributed by atoms with Crippen LogP contribution in [0, 0.1) is 0 Å². The third-order valence-electron chi connectivity index (χ3n) is 1.66. The molecule has 1 aromatic heterocycles. The Balaban J connectivity index is 0.000000151. The number of halogens is 1. The Morgan fingerprint density at radius 3 is 2.00 bits per heavy atom. The van der Waals surface area contributed by atoms with Crippen LogP contribution in [0.1, 0.15) is 5.69 Å². The number of para-hydroxylation sites is 1. The van der Waals surface area contributed by atoms with E-state index in [1.165, 1.54) is 0 Å². The minimum Gasteiger partial charge on any atom is -0.399 e. The highest BCUT2D eigenvalue weighted by atomic mass is 35.5. The van der Waals surface area contributed by atoms with Crippen molar-refractivity contribution < 1.29 is 0 Å². The zero-order valence-electron chi connectivity index (χ0n) is 8.31. The molecule has 0 aliphatic carbocycles. The molecule has 0 bridgehead atoms. The van der Waals surface area contributed by atoms with E-state index < -0.39 is 0 Å². The van der Waals surface area contributed by atoms with E-state index in [1.54, 1.807) is 6.20 Å². The summed E-state index contributed by atoms with van der Waals surface area (Å²) in [6.45, 7) is 0. The molecule has 78 valence electrons. The summed E-state index contributed by atoms with van der Waals surface area (Å²) in [4.78, 5) is 3.97. The van der Waals surface area contributed by atoms with Gasteiger partial charge in [-0.1, -0.05) is 24.3 Å². The number of benzene rings is 1. The summed E-state index contributed by atoms with van der Waals surface area (Å²) in [5.74, 6) is 0.501. The minimum absolute atomic E-state index is 0.501. The number of nitrogens with two attached hydrogens (primary N) is 1. The van der Waals surface area contributed by atoms with Crippen molar-refractivity contribution in [1.82, 2.24) is 4.98 Å². The molecule has 0 radical (unpaired) electrons. The zero-order valence-corrected chi connectivity index (χ0v) is 9.06. The first-order chi connectivity index (χ1) is 7.33. The fourth-order valence-electron chi connectivity index (χ4n) is 0.930. The van der Waals surface area contributed by atoms with Crippen molar-refractivity contribution >= 4 is 17.3 Å². The Bertz CT molecular complexity index is 362. The van der Waals surface area contributed by atoms with Crippen LogP contribution in [-0.2, 0) is 5.88 Å². The standard InChI is InChI=1S/C6H6ClN.C6H7N/c7-5-6-3-1-2-4-8-6;7-6-4-2-1-3-5-6/h1-4H,5H2;1-5H,7H2. The van der Waals surface area contributed by atoms with Gasteiger partial charge in [0.05, 0.1) is 11.6 Å². The highest BCUT2D eigenvalue weighted by Gasteiger charge is 1.83. The summed E-state index contributed by atoms with van der Waals surface area (Å²) in [7, 11) is 0. The average molecular weight is 221 g/mol. The Hall–Kier alpha value is -1.54. The first-order valence-corrected chi connectivity index (χ1v) is 5.13. The minimum atomic E-state index is 0.501. The van der Waals surface area contributed by atoms with Crippen LogP contribution >= 0.6 is 11.6 Å². The summed E-state index contributed by atoms with van der Waals surface area (Å²) in [5.41, 5.74) is 7.10. The number of anilines is 1. The first kappa shape index (κ1) is 11.5. The van der Waals surface area contributed by atoms with E-state index in [0.29, 0.717) is 5.88 Å². The van der Waals surface area contributed by atoms with Gasteiger partial charge in [0.2, 0.25) is 0 Å². The van der Waals surface area contributed by atoms with Crippen molar-refractivity contribution in [2.45, 2.75) is 5.88 Å². The van der Waals surface area contributed by atoms with Crippen molar-refractivity contribution in [1.29, 1.82) is 0 Å². The van der Waals surface area contributed by atoms with E-state index in [9.17, 15) is 0 Å². The van der Waals surface area contributed by atoms with Gasteiger partial charge in [0.1, 0.15) is 0 Å². The number of alkyl halides is 1. The fourth-order valence-corrected chi connectivity index (χ4v) is 1.09. The van der Waals surface area contributed by atoms with Crippen LogP contribution in [-0.4, -0.2) is 4.98 Å². The van der Waals surface area contributed by atoms with E-state index >= 15 is 0 Å². The summed E-state index contributed by atoms with van der Waals surface area (Å²) in [5, 5.41) is 0. The van der Waals surface area contributed by atoms with Crippen LogP contribution in [0.3, 0.4) is 0 Å². The van der Waals surface area contributed by atoms with E-state index in [-0.39, 0.29) is 0 Å². The monoisotopic (exact) mass is 220 g/mol. The fraction of sp³-hybridized carbons (Fsp3) is 0.0833. The molecule has 2 N–H and O–H groups in total. The lowest BCUT2D eigenvalue weighted by molar-refractivity contribution is 1.17. The van der Waals surface area contributed by atoms with Crippen molar-refractivity contribution in [2.24, 2.45) is 0 Å². The number of aromatic nitrogens is 1. The van der Waals surface area contributed by atoms with Gasteiger partial charge in [0.15, 0.2) is 0 Å². The van der Waals surface area contributed by atoms with E-state index in [0.717, 1.165) is 11.4 Å². The lowest BCUT2D eigenvalue weighted by Gasteiger charge is -1.87. The summed E-state index contributed by atoms with van der Waals surface area (Å²) < 4.78 is 0. The molecule has 0 fully saturated rings. The first-order valence-electron chi connectivity index (χ1n) is 4.59. The van der Waals surface area contributed by atoms with E-state index in [1.807, 2.05) is 48.5 Å².